The van der Waals surface area contributed by atoms with Gasteiger partial charge in [-0.1, -0.05) is 18.2 Å². The summed E-state index contributed by atoms with van der Waals surface area (Å²) in [5.41, 5.74) is 1.25. The Kier molecular flexibility index (Phi) is 7.78. The number of aromatic nitrogens is 4. The quantitative estimate of drug-likeness (QED) is 0.116. The van der Waals surface area contributed by atoms with Gasteiger partial charge in [0.15, 0.2) is 0 Å². The average Bonchev–Trinajstić information content (AvgIpc) is 3.55. The highest BCUT2D eigenvalue weighted by molar-refractivity contribution is 7.98. The highest BCUT2D eigenvalue weighted by atomic mass is 32.2. The molecule has 4 rings (SSSR count). The number of hydrogen-bond donors (Lipinski definition) is 1. The van der Waals surface area contributed by atoms with Crippen LogP contribution in [-0.4, -0.2) is 32.9 Å². The SMILES string of the molecule is CO/C(C)=C/C=C(\C)c1c(C#N)c(SC)nc2nc(NCc3ccc(-c4cccc(C(F)(F)F)c4)o3)nn12. The van der Waals surface area contributed by atoms with E-state index in [9.17, 15) is 18.4 Å². The van der Waals surface area contributed by atoms with E-state index in [4.69, 9.17) is 9.15 Å². The third kappa shape index (κ3) is 5.68. The van der Waals surface area contributed by atoms with Crippen LogP contribution in [0.2, 0.25) is 0 Å². The van der Waals surface area contributed by atoms with Crippen LogP contribution in [0.1, 0.15) is 36.4 Å². The first-order valence-corrected chi connectivity index (χ1v) is 12.5. The predicted octanol–water partition coefficient (Wildman–Crippen LogP) is 6.56. The number of nitrogens with zero attached hydrogens (tertiary/aromatic N) is 5. The summed E-state index contributed by atoms with van der Waals surface area (Å²) in [5.74, 6) is 2.03. The molecule has 0 atom stereocenters. The molecule has 0 radical (unpaired) electrons. The molecule has 1 N–H and O–H groups in total. The number of methoxy groups -OCH3 is 1. The van der Waals surface area contributed by atoms with Gasteiger partial charge in [-0.3, -0.25) is 0 Å². The number of fused-ring (bicyclic) bond motifs is 1. The lowest BCUT2D eigenvalue weighted by atomic mass is 10.1. The van der Waals surface area contributed by atoms with E-state index < -0.39 is 11.7 Å². The number of halogens is 3. The molecular formula is C26H23F3N6O2S. The zero-order valence-electron chi connectivity index (χ0n) is 20.9. The molecule has 0 unspecified atom stereocenters. The highest BCUT2D eigenvalue weighted by Crippen LogP contribution is 2.33. The molecule has 4 aromatic rings. The van der Waals surface area contributed by atoms with E-state index in [0.717, 1.165) is 17.7 Å². The summed E-state index contributed by atoms with van der Waals surface area (Å²) in [7, 11) is 1.57. The van der Waals surface area contributed by atoms with Crippen LogP contribution in [0.5, 0.6) is 0 Å². The Hall–Kier alpha value is -4.24. The molecule has 0 saturated carbocycles. The number of thioether (sulfide) groups is 1. The summed E-state index contributed by atoms with van der Waals surface area (Å²) in [6.07, 6.45) is 0.997. The Balaban J connectivity index is 1.62. The van der Waals surface area contributed by atoms with Crippen molar-refractivity contribution in [2.75, 3.05) is 18.7 Å². The first-order chi connectivity index (χ1) is 18.1. The smallest absolute Gasteiger partial charge is 0.416 e. The lowest BCUT2D eigenvalue weighted by Crippen LogP contribution is -2.05. The van der Waals surface area contributed by atoms with Crippen LogP contribution in [0, 0.1) is 11.3 Å². The third-order valence-corrected chi connectivity index (χ3v) is 6.26. The van der Waals surface area contributed by atoms with Gasteiger partial charge in [0, 0.05) is 5.56 Å². The van der Waals surface area contributed by atoms with Gasteiger partial charge in [-0.2, -0.15) is 27.9 Å². The predicted molar refractivity (Wildman–Crippen MR) is 138 cm³/mol. The molecule has 0 fully saturated rings. The van der Waals surface area contributed by atoms with Crippen molar-refractivity contribution in [3.05, 3.63) is 76.9 Å². The van der Waals surface area contributed by atoms with Crippen molar-refractivity contribution >= 4 is 29.1 Å². The second-order valence-corrected chi connectivity index (χ2v) is 8.93. The molecule has 3 heterocycles. The molecule has 38 heavy (non-hydrogen) atoms. The van der Waals surface area contributed by atoms with Crippen LogP contribution in [0.4, 0.5) is 19.1 Å². The van der Waals surface area contributed by atoms with Crippen LogP contribution in [0.15, 0.2) is 63.8 Å². The summed E-state index contributed by atoms with van der Waals surface area (Å²) in [5, 5.41) is 17.9. The fraction of sp³-hybridized carbons (Fsp3) is 0.231. The largest absolute Gasteiger partial charge is 0.501 e. The monoisotopic (exact) mass is 540 g/mol. The van der Waals surface area contributed by atoms with Gasteiger partial charge in [0.25, 0.3) is 5.78 Å². The molecule has 8 nitrogen and oxygen atoms in total. The lowest BCUT2D eigenvalue weighted by Gasteiger charge is -2.09. The highest BCUT2D eigenvalue weighted by Gasteiger charge is 2.30. The van der Waals surface area contributed by atoms with Crippen molar-refractivity contribution in [3.8, 4) is 17.4 Å². The second-order valence-electron chi connectivity index (χ2n) is 8.13. The minimum absolute atomic E-state index is 0.177. The minimum atomic E-state index is -4.44. The molecule has 0 bridgehead atoms. The van der Waals surface area contributed by atoms with Gasteiger partial charge < -0.3 is 14.5 Å². The number of alkyl halides is 3. The normalized spacial score (nSPS) is 12.6. The fourth-order valence-electron chi connectivity index (χ4n) is 3.60. The maximum atomic E-state index is 13.1. The Labute approximate surface area is 220 Å². The van der Waals surface area contributed by atoms with Crippen LogP contribution in [0.25, 0.3) is 22.7 Å². The topological polar surface area (TPSA) is 101 Å². The molecule has 12 heteroatoms. The number of allylic oxidation sites excluding steroid dienone is 4. The number of furan rings is 1. The van der Waals surface area contributed by atoms with Crippen molar-refractivity contribution < 1.29 is 22.3 Å². The lowest BCUT2D eigenvalue weighted by molar-refractivity contribution is -0.137. The second kappa shape index (κ2) is 11.0. The van der Waals surface area contributed by atoms with Gasteiger partial charge in [0.1, 0.15) is 28.2 Å². The number of rotatable bonds is 8. The van der Waals surface area contributed by atoms with E-state index in [1.807, 2.05) is 26.2 Å². The Bertz CT molecular complexity index is 1580. The molecule has 0 aliphatic carbocycles. The number of hydrogen-bond acceptors (Lipinski definition) is 8. The summed E-state index contributed by atoms with van der Waals surface area (Å²) in [6, 6.07) is 10.4. The van der Waals surface area contributed by atoms with Crippen molar-refractivity contribution in [2.24, 2.45) is 0 Å². The van der Waals surface area contributed by atoms with Crippen LogP contribution < -0.4 is 5.32 Å². The Morgan fingerprint density at radius 2 is 2.00 bits per heavy atom. The van der Waals surface area contributed by atoms with E-state index in [2.05, 4.69) is 26.5 Å². The first-order valence-electron chi connectivity index (χ1n) is 11.3. The number of nitrogens with one attached hydrogen (secondary N) is 1. The molecule has 0 spiro atoms. The number of anilines is 1. The summed E-state index contributed by atoms with van der Waals surface area (Å²) >= 11 is 1.33. The zero-order valence-corrected chi connectivity index (χ0v) is 21.7. The van der Waals surface area contributed by atoms with Crippen molar-refractivity contribution in [2.45, 2.75) is 31.6 Å². The van der Waals surface area contributed by atoms with Gasteiger partial charge in [0.2, 0.25) is 5.95 Å². The third-order valence-electron chi connectivity index (χ3n) is 5.58. The fourth-order valence-corrected chi connectivity index (χ4v) is 4.12. The van der Waals surface area contributed by atoms with Gasteiger partial charge >= 0.3 is 6.18 Å². The van der Waals surface area contributed by atoms with Crippen molar-refractivity contribution in [3.63, 3.8) is 0 Å². The molecule has 0 amide bonds. The van der Waals surface area contributed by atoms with Crippen LogP contribution in [0.3, 0.4) is 0 Å². The molecule has 0 aliphatic rings. The van der Waals surface area contributed by atoms with Crippen molar-refractivity contribution in [1.29, 1.82) is 5.26 Å². The number of ether oxygens (including phenoxy) is 1. The summed E-state index contributed by atoms with van der Waals surface area (Å²) in [6.45, 7) is 3.84. The maximum absolute atomic E-state index is 13.1. The van der Waals surface area contributed by atoms with Gasteiger partial charge in [-0.15, -0.1) is 16.9 Å². The molecule has 3 aromatic heterocycles. The van der Waals surface area contributed by atoms with Gasteiger partial charge in [-0.25, -0.2) is 4.98 Å². The van der Waals surface area contributed by atoms with Crippen molar-refractivity contribution in [1.82, 2.24) is 19.6 Å². The zero-order chi connectivity index (χ0) is 27.4. The minimum Gasteiger partial charge on any atom is -0.501 e. The molecule has 0 aliphatic heterocycles. The summed E-state index contributed by atoms with van der Waals surface area (Å²) < 4.78 is 51.6. The van der Waals surface area contributed by atoms with E-state index in [1.54, 1.807) is 31.4 Å². The van der Waals surface area contributed by atoms with Gasteiger partial charge in [-0.05, 0) is 56.0 Å². The standard InChI is InChI=1S/C26H23F3N6O2S/c1-15(8-9-16(2)36-3)22-20(13-30)23(38-4)32-25-33-24(34-35(22)25)31-14-19-10-11-21(37-19)17-6-5-7-18(12-17)26(27,28)29/h5-12H,14H2,1-4H3,(H,31,34)/b15-8+,16-9+. The van der Waals surface area contributed by atoms with Gasteiger partial charge in [0.05, 0.1) is 30.7 Å². The van der Waals surface area contributed by atoms with E-state index >= 15 is 0 Å². The van der Waals surface area contributed by atoms with Crippen LogP contribution in [-0.2, 0) is 17.5 Å². The summed E-state index contributed by atoms with van der Waals surface area (Å²) in [4.78, 5) is 8.92. The van der Waals surface area contributed by atoms with E-state index in [-0.39, 0.29) is 12.5 Å². The number of benzene rings is 1. The average molecular weight is 541 g/mol. The Morgan fingerprint density at radius 3 is 2.68 bits per heavy atom. The molecule has 196 valence electrons. The van der Waals surface area contributed by atoms with Crippen LogP contribution >= 0.6 is 11.8 Å². The first kappa shape index (κ1) is 26.8. The molecule has 1 aromatic carbocycles. The molecule has 0 saturated heterocycles. The maximum Gasteiger partial charge on any atom is 0.416 e. The van der Waals surface area contributed by atoms with E-state index in [0.29, 0.717) is 44.9 Å². The number of nitriles is 1. The molecular weight excluding hydrogens is 517 g/mol. The van der Waals surface area contributed by atoms with E-state index in [1.165, 1.54) is 22.3 Å². The Morgan fingerprint density at radius 1 is 1.21 bits per heavy atom.